The highest BCUT2D eigenvalue weighted by Gasteiger charge is 2.32. The number of aromatic nitrogens is 2. The number of hydrogen-bond donors (Lipinski definition) is 1. The Hall–Kier alpha value is -0.910. The molecule has 102 valence electrons. The topological polar surface area (TPSA) is 42.3 Å². The highest BCUT2D eigenvalue weighted by Crippen LogP contribution is 2.23. The summed E-state index contributed by atoms with van der Waals surface area (Å²) in [5.41, 5.74) is 1.27. The molecule has 0 saturated carbocycles. The van der Waals surface area contributed by atoms with Crippen molar-refractivity contribution in [2.75, 3.05) is 33.8 Å². The van der Waals surface area contributed by atoms with Gasteiger partial charge in [-0.2, -0.15) is 5.10 Å². The molecule has 0 aromatic carbocycles. The smallest absolute Gasteiger partial charge is 0.0829 e. The molecule has 1 aromatic rings. The average molecular weight is 252 g/mol. The van der Waals surface area contributed by atoms with Crippen LogP contribution in [0.15, 0.2) is 12.4 Å². The first-order valence-corrected chi connectivity index (χ1v) is 6.55. The number of likely N-dealkylation sites (N-methyl/N-ethyl adjacent to an activating group) is 1. The Kier molecular flexibility index (Phi) is 4.37. The lowest BCUT2D eigenvalue weighted by atomic mass is 9.91. The van der Waals surface area contributed by atoms with Crippen molar-refractivity contribution in [3.8, 4) is 0 Å². The molecule has 0 aliphatic carbocycles. The average Bonchev–Trinajstić information content (AvgIpc) is 2.75. The number of piperidine rings is 1. The van der Waals surface area contributed by atoms with E-state index in [1.807, 2.05) is 25.0 Å². The molecule has 1 N–H and O–H groups in total. The molecular weight excluding hydrogens is 228 g/mol. The van der Waals surface area contributed by atoms with Gasteiger partial charge < -0.3 is 10.1 Å². The van der Waals surface area contributed by atoms with Crippen LogP contribution in [0.1, 0.15) is 18.4 Å². The van der Waals surface area contributed by atoms with Gasteiger partial charge in [-0.05, 0) is 33.0 Å². The molecule has 2 heterocycles. The molecule has 1 saturated heterocycles. The molecule has 0 spiro atoms. The van der Waals surface area contributed by atoms with Crippen LogP contribution in [0.4, 0.5) is 0 Å². The summed E-state index contributed by atoms with van der Waals surface area (Å²) in [6, 6.07) is 0. The fraction of sp³-hybridized carbons (Fsp3) is 0.769. The van der Waals surface area contributed by atoms with E-state index < -0.39 is 0 Å². The fourth-order valence-electron chi connectivity index (χ4n) is 2.72. The summed E-state index contributed by atoms with van der Waals surface area (Å²) in [4.78, 5) is 2.33. The third-order valence-corrected chi connectivity index (χ3v) is 3.72. The van der Waals surface area contributed by atoms with Crippen molar-refractivity contribution < 1.29 is 4.74 Å². The molecule has 1 aromatic heterocycles. The van der Waals surface area contributed by atoms with Gasteiger partial charge in [0.1, 0.15) is 0 Å². The molecule has 5 heteroatoms. The molecule has 1 aliphatic rings. The van der Waals surface area contributed by atoms with Crippen LogP contribution >= 0.6 is 0 Å². The van der Waals surface area contributed by atoms with Crippen molar-refractivity contribution in [2.45, 2.75) is 25.0 Å². The Balaban J connectivity index is 1.90. The van der Waals surface area contributed by atoms with E-state index in [2.05, 4.69) is 28.6 Å². The zero-order valence-corrected chi connectivity index (χ0v) is 11.6. The number of ether oxygens (including phenoxy) is 1. The van der Waals surface area contributed by atoms with Gasteiger partial charge in [-0.1, -0.05) is 0 Å². The molecule has 1 aliphatic heterocycles. The van der Waals surface area contributed by atoms with Crippen LogP contribution in [0.2, 0.25) is 0 Å². The Labute approximate surface area is 109 Å². The van der Waals surface area contributed by atoms with E-state index in [1.165, 1.54) is 5.56 Å². The molecule has 0 atom stereocenters. The summed E-state index contributed by atoms with van der Waals surface area (Å²) in [5, 5.41) is 7.59. The van der Waals surface area contributed by atoms with E-state index in [4.69, 9.17) is 4.74 Å². The number of aryl methyl sites for hydroxylation is 1. The molecule has 0 radical (unpaired) electrons. The minimum Gasteiger partial charge on any atom is -0.377 e. The number of nitrogens with zero attached hydrogens (tertiary/aromatic N) is 3. The zero-order chi connectivity index (χ0) is 13.0. The van der Waals surface area contributed by atoms with Crippen molar-refractivity contribution in [1.82, 2.24) is 20.0 Å². The van der Waals surface area contributed by atoms with E-state index in [9.17, 15) is 0 Å². The second-order valence-electron chi connectivity index (χ2n) is 5.33. The second-order valence-corrected chi connectivity index (χ2v) is 5.33. The molecule has 18 heavy (non-hydrogen) atoms. The third kappa shape index (κ3) is 3.31. The minimum atomic E-state index is 0.0161. The van der Waals surface area contributed by atoms with Crippen molar-refractivity contribution in [1.29, 1.82) is 0 Å². The Morgan fingerprint density at radius 2 is 2.22 bits per heavy atom. The highest BCUT2D eigenvalue weighted by molar-refractivity contribution is 5.03. The minimum absolute atomic E-state index is 0.0161. The Bertz CT molecular complexity index is 371. The summed E-state index contributed by atoms with van der Waals surface area (Å²) < 4.78 is 7.64. The van der Waals surface area contributed by atoms with Crippen LogP contribution in [-0.2, 0) is 18.3 Å². The number of nitrogens with one attached hydrogen (secondary N) is 1. The molecule has 0 unspecified atom stereocenters. The predicted octanol–water partition coefficient (Wildman–Crippen LogP) is 0.620. The van der Waals surface area contributed by atoms with Gasteiger partial charge in [-0.3, -0.25) is 9.58 Å². The Morgan fingerprint density at radius 3 is 2.78 bits per heavy atom. The first-order chi connectivity index (χ1) is 8.63. The lowest BCUT2D eigenvalue weighted by Gasteiger charge is -2.39. The maximum atomic E-state index is 5.79. The quantitative estimate of drug-likeness (QED) is 0.834. The standard InChI is InChI=1S/C13H24N4O/c1-16(9-12-8-15-17(2)10-12)11-13(18-3)4-6-14-7-5-13/h8,10,14H,4-7,9,11H2,1-3H3. The normalized spacial score (nSPS) is 19.3. The summed E-state index contributed by atoms with van der Waals surface area (Å²) in [5.74, 6) is 0. The fourth-order valence-corrected chi connectivity index (χ4v) is 2.72. The maximum absolute atomic E-state index is 5.79. The van der Waals surface area contributed by atoms with E-state index >= 15 is 0 Å². The van der Waals surface area contributed by atoms with Gasteiger partial charge in [0.25, 0.3) is 0 Å². The van der Waals surface area contributed by atoms with Crippen LogP contribution < -0.4 is 5.32 Å². The van der Waals surface area contributed by atoms with Gasteiger partial charge in [0, 0.05) is 39.0 Å². The van der Waals surface area contributed by atoms with E-state index in [0.717, 1.165) is 39.0 Å². The van der Waals surface area contributed by atoms with Crippen molar-refractivity contribution in [2.24, 2.45) is 7.05 Å². The monoisotopic (exact) mass is 252 g/mol. The maximum Gasteiger partial charge on any atom is 0.0829 e. The van der Waals surface area contributed by atoms with E-state index in [0.29, 0.717) is 0 Å². The number of rotatable bonds is 5. The van der Waals surface area contributed by atoms with Gasteiger partial charge in [0.05, 0.1) is 11.8 Å². The van der Waals surface area contributed by atoms with Crippen LogP contribution in [0, 0.1) is 0 Å². The van der Waals surface area contributed by atoms with Crippen molar-refractivity contribution in [3.05, 3.63) is 18.0 Å². The van der Waals surface area contributed by atoms with Gasteiger partial charge in [0.15, 0.2) is 0 Å². The lowest BCUT2D eigenvalue weighted by Crippen LogP contribution is -2.50. The predicted molar refractivity (Wildman–Crippen MR) is 71.4 cm³/mol. The zero-order valence-electron chi connectivity index (χ0n) is 11.6. The van der Waals surface area contributed by atoms with Crippen molar-refractivity contribution >= 4 is 0 Å². The lowest BCUT2D eigenvalue weighted by molar-refractivity contribution is -0.0542. The Morgan fingerprint density at radius 1 is 1.50 bits per heavy atom. The van der Waals surface area contributed by atoms with Crippen LogP contribution in [0.25, 0.3) is 0 Å². The molecule has 1 fully saturated rings. The van der Waals surface area contributed by atoms with Crippen LogP contribution in [0.5, 0.6) is 0 Å². The van der Waals surface area contributed by atoms with Gasteiger partial charge in [-0.15, -0.1) is 0 Å². The molecule has 2 rings (SSSR count). The summed E-state index contributed by atoms with van der Waals surface area (Å²) in [6.07, 6.45) is 6.17. The molecular formula is C13H24N4O. The van der Waals surface area contributed by atoms with Gasteiger partial charge >= 0.3 is 0 Å². The number of hydrogen-bond acceptors (Lipinski definition) is 4. The largest absolute Gasteiger partial charge is 0.377 e. The second kappa shape index (κ2) is 5.82. The number of methoxy groups -OCH3 is 1. The SMILES string of the molecule is COC1(CN(C)Cc2cnn(C)c2)CCNCC1. The first-order valence-electron chi connectivity index (χ1n) is 6.55. The highest BCUT2D eigenvalue weighted by atomic mass is 16.5. The van der Waals surface area contributed by atoms with E-state index in [-0.39, 0.29) is 5.60 Å². The third-order valence-electron chi connectivity index (χ3n) is 3.72. The van der Waals surface area contributed by atoms with Gasteiger partial charge in [0.2, 0.25) is 0 Å². The molecule has 0 amide bonds. The molecule has 5 nitrogen and oxygen atoms in total. The summed E-state index contributed by atoms with van der Waals surface area (Å²) in [6.45, 7) is 4.00. The van der Waals surface area contributed by atoms with Crippen LogP contribution in [-0.4, -0.2) is 54.1 Å². The van der Waals surface area contributed by atoms with Gasteiger partial charge in [-0.25, -0.2) is 0 Å². The molecule has 0 bridgehead atoms. The summed E-state index contributed by atoms with van der Waals surface area (Å²) in [7, 11) is 5.94. The first kappa shape index (κ1) is 13.5. The van der Waals surface area contributed by atoms with Crippen molar-refractivity contribution in [3.63, 3.8) is 0 Å². The van der Waals surface area contributed by atoms with Crippen LogP contribution in [0.3, 0.4) is 0 Å². The summed E-state index contributed by atoms with van der Waals surface area (Å²) >= 11 is 0. The van der Waals surface area contributed by atoms with E-state index in [1.54, 1.807) is 0 Å².